The Morgan fingerprint density at radius 2 is 1.89 bits per heavy atom. The molecule has 27 heavy (non-hydrogen) atoms. The zero-order valence-corrected chi connectivity index (χ0v) is 15.7. The van der Waals surface area contributed by atoms with E-state index in [2.05, 4.69) is 4.72 Å². The van der Waals surface area contributed by atoms with Crippen molar-refractivity contribution in [2.24, 2.45) is 0 Å². The molecule has 2 aliphatic rings. The molecule has 0 aliphatic carbocycles. The molecule has 0 radical (unpaired) electrons. The SMILES string of the molecule is CC1(C)[C@H](C(=O)O)N2C(=O)[C@@H](NS(=O)(=O)c3ccc([N+](=O)[O-])cc3)[C@H]2S1=O. The summed E-state index contributed by atoms with van der Waals surface area (Å²) in [5, 5.41) is 18.9. The Kier molecular flexibility index (Phi) is 4.36. The van der Waals surface area contributed by atoms with Gasteiger partial charge >= 0.3 is 5.97 Å². The molecule has 2 heterocycles. The summed E-state index contributed by atoms with van der Waals surface area (Å²) >= 11 is 0. The predicted octanol–water partition coefficient (Wildman–Crippen LogP) is -0.596. The van der Waals surface area contributed by atoms with Crippen molar-refractivity contribution in [3.05, 3.63) is 34.4 Å². The number of hydrogen-bond donors (Lipinski definition) is 2. The zero-order chi connectivity index (χ0) is 20.3. The van der Waals surface area contributed by atoms with Crippen LogP contribution in [0, 0.1) is 10.1 Å². The molecular weight excluding hydrogens is 402 g/mol. The second-order valence-corrected chi connectivity index (χ2v) is 10.5. The van der Waals surface area contributed by atoms with Gasteiger partial charge in [-0.15, -0.1) is 0 Å². The molecule has 2 aliphatic heterocycles. The summed E-state index contributed by atoms with van der Waals surface area (Å²) < 4.78 is 38.5. The number of carboxylic acids is 1. The van der Waals surface area contributed by atoms with Gasteiger partial charge in [-0.1, -0.05) is 0 Å². The van der Waals surface area contributed by atoms with Gasteiger partial charge in [0.05, 0.1) is 25.4 Å². The van der Waals surface area contributed by atoms with Crippen LogP contribution in [0.5, 0.6) is 0 Å². The van der Waals surface area contributed by atoms with Crippen LogP contribution in [0.4, 0.5) is 5.69 Å². The zero-order valence-electron chi connectivity index (χ0n) is 14.1. The lowest BCUT2D eigenvalue weighted by Crippen LogP contribution is -2.71. The van der Waals surface area contributed by atoms with Gasteiger partial charge < -0.3 is 10.0 Å². The number of fused-ring (bicyclic) bond motifs is 1. The van der Waals surface area contributed by atoms with E-state index < -0.39 is 59.8 Å². The van der Waals surface area contributed by atoms with Gasteiger partial charge in [-0.05, 0) is 26.0 Å². The number of β-lactam (4-membered cyclic amide) rings is 1. The van der Waals surface area contributed by atoms with E-state index in [1.165, 1.54) is 13.8 Å². The van der Waals surface area contributed by atoms with Gasteiger partial charge in [0.15, 0.2) is 0 Å². The minimum absolute atomic E-state index is 0.303. The molecule has 0 saturated carbocycles. The third-order valence-corrected chi connectivity index (χ3v) is 8.28. The number of aliphatic carboxylic acids is 1. The summed E-state index contributed by atoms with van der Waals surface area (Å²) in [4.78, 5) is 34.4. The molecule has 0 bridgehead atoms. The monoisotopic (exact) mass is 417 g/mol. The molecule has 13 heteroatoms. The molecule has 2 N–H and O–H groups in total. The Bertz CT molecular complexity index is 973. The number of amides is 1. The number of nitro groups is 1. The first-order chi connectivity index (χ1) is 12.4. The number of rotatable bonds is 5. The van der Waals surface area contributed by atoms with Crippen molar-refractivity contribution >= 4 is 38.4 Å². The maximum Gasteiger partial charge on any atom is 0.328 e. The number of sulfonamides is 1. The molecule has 2 saturated heterocycles. The maximum absolute atomic E-state index is 12.6. The van der Waals surface area contributed by atoms with Gasteiger partial charge in [-0.2, -0.15) is 4.72 Å². The average molecular weight is 417 g/mol. The molecule has 3 rings (SSSR count). The van der Waals surface area contributed by atoms with Gasteiger partial charge in [0.1, 0.15) is 17.5 Å². The lowest BCUT2D eigenvalue weighted by Gasteiger charge is -2.42. The van der Waals surface area contributed by atoms with Gasteiger partial charge in [-0.25, -0.2) is 13.2 Å². The minimum Gasteiger partial charge on any atom is -0.480 e. The lowest BCUT2D eigenvalue weighted by molar-refractivity contribution is -0.384. The predicted molar refractivity (Wildman–Crippen MR) is 91.5 cm³/mol. The number of nitrogens with zero attached hydrogens (tertiary/aromatic N) is 2. The molecule has 1 amide bonds. The van der Waals surface area contributed by atoms with Crippen LogP contribution in [0.25, 0.3) is 0 Å². The van der Waals surface area contributed by atoms with Crippen molar-refractivity contribution in [3.63, 3.8) is 0 Å². The van der Waals surface area contributed by atoms with Crippen molar-refractivity contribution in [2.75, 3.05) is 0 Å². The summed E-state index contributed by atoms with van der Waals surface area (Å²) in [5.74, 6) is -2.10. The standard InChI is InChI=1S/C14H15N3O8S2/c1-14(2)10(13(19)20)16-11(18)9(12(16)26(14)23)15-27(24,25)8-5-3-7(4-6-8)17(21)22/h3-6,9-10,12,15H,1-2H3,(H,19,20)/t9-,10+,12-,26?/m1/s1. The van der Waals surface area contributed by atoms with Gasteiger partial charge in [0, 0.05) is 12.1 Å². The average Bonchev–Trinajstić information content (AvgIpc) is 2.77. The van der Waals surface area contributed by atoms with Crippen LogP contribution in [0.2, 0.25) is 0 Å². The molecule has 1 unspecified atom stereocenters. The van der Waals surface area contributed by atoms with Crippen LogP contribution >= 0.6 is 0 Å². The quantitative estimate of drug-likeness (QED) is 0.364. The summed E-state index contributed by atoms with van der Waals surface area (Å²) in [6, 6.07) is 1.33. The molecule has 4 atom stereocenters. The fourth-order valence-corrected chi connectivity index (χ4v) is 6.45. The third-order valence-electron chi connectivity index (χ3n) is 4.63. The number of carbonyl (C=O) groups is 2. The third kappa shape index (κ3) is 2.82. The largest absolute Gasteiger partial charge is 0.480 e. The first-order valence-electron chi connectivity index (χ1n) is 7.62. The molecule has 2 fully saturated rings. The highest BCUT2D eigenvalue weighted by Crippen LogP contribution is 2.43. The Balaban J connectivity index is 1.87. The first kappa shape index (κ1) is 19.4. The second kappa shape index (κ2) is 6.07. The van der Waals surface area contributed by atoms with Crippen LogP contribution in [0.1, 0.15) is 13.8 Å². The number of hydrogen-bond acceptors (Lipinski definition) is 7. The summed E-state index contributed by atoms with van der Waals surface area (Å²) in [7, 11) is -6.05. The number of carbonyl (C=O) groups excluding carboxylic acids is 1. The van der Waals surface area contributed by atoms with Crippen LogP contribution in [0.3, 0.4) is 0 Å². The van der Waals surface area contributed by atoms with E-state index in [-0.39, 0.29) is 10.6 Å². The molecular formula is C14H15N3O8S2. The van der Waals surface area contributed by atoms with E-state index in [0.717, 1.165) is 29.2 Å². The summed E-state index contributed by atoms with van der Waals surface area (Å²) in [5.41, 5.74) is -0.303. The molecule has 1 aromatic rings. The summed E-state index contributed by atoms with van der Waals surface area (Å²) in [6.45, 7) is 2.88. The van der Waals surface area contributed by atoms with Crippen molar-refractivity contribution in [1.29, 1.82) is 0 Å². The van der Waals surface area contributed by atoms with Crippen LogP contribution < -0.4 is 4.72 Å². The van der Waals surface area contributed by atoms with E-state index >= 15 is 0 Å². The van der Waals surface area contributed by atoms with Crippen molar-refractivity contribution < 1.29 is 32.2 Å². The molecule has 1 aromatic carbocycles. The molecule has 0 spiro atoms. The Hall–Kier alpha value is -2.38. The van der Waals surface area contributed by atoms with Crippen molar-refractivity contribution in [3.8, 4) is 0 Å². The normalized spacial score (nSPS) is 29.1. The van der Waals surface area contributed by atoms with Gasteiger partial charge in [-0.3, -0.25) is 19.1 Å². The lowest BCUT2D eigenvalue weighted by atomic mass is 9.96. The topological polar surface area (TPSA) is 164 Å². The highest BCUT2D eigenvalue weighted by atomic mass is 32.2. The fraction of sp³-hybridized carbons (Fsp3) is 0.429. The van der Waals surface area contributed by atoms with E-state index in [0.29, 0.717) is 0 Å². The Labute approximate surface area is 156 Å². The smallest absolute Gasteiger partial charge is 0.328 e. The summed E-state index contributed by atoms with van der Waals surface area (Å²) in [6.07, 6.45) is 0. The number of nitrogens with one attached hydrogen (secondary N) is 1. The second-order valence-electron chi connectivity index (χ2n) is 6.63. The first-order valence-corrected chi connectivity index (χ1v) is 10.3. The van der Waals surface area contributed by atoms with Crippen LogP contribution in [-0.2, 0) is 30.4 Å². The molecule has 0 aromatic heterocycles. The Morgan fingerprint density at radius 1 is 1.33 bits per heavy atom. The number of non-ortho nitro benzene ring substituents is 1. The number of carboxylic acid groups (broad SMARTS) is 1. The molecule has 11 nitrogen and oxygen atoms in total. The number of nitro benzene ring substituents is 1. The van der Waals surface area contributed by atoms with Gasteiger partial charge in [0.25, 0.3) is 5.69 Å². The minimum atomic E-state index is -4.23. The maximum atomic E-state index is 12.6. The molecule has 146 valence electrons. The van der Waals surface area contributed by atoms with Crippen LogP contribution in [0.15, 0.2) is 29.2 Å². The highest BCUT2D eigenvalue weighted by molar-refractivity contribution is 7.90. The van der Waals surface area contributed by atoms with Crippen molar-refractivity contribution in [2.45, 2.75) is 40.9 Å². The van der Waals surface area contributed by atoms with E-state index in [9.17, 15) is 37.4 Å². The van der Waals surface area contributed by atoms with E-state index in [1.807, 2.05) is 0 Å². The number of benzene rings is 1. The highest BCUT2D eigenvalue weighted by Gasteiger charge is 2.68. The van der Waals surface area contributed by atoms with E-state index in [4.69, 9.17) is 0 Å². The van der Waals surface area contributed by atoms with E-state index in [1.54, 1.807) is 0 Å². The van der Waals surface area contributed by atoms with Gasteiger partial charge in [0.2, 0.25) is 15.9 Å². The Morgan fingerprint density at radius 3 is 2.37 bits per heavy atom. The van der Waals surface area contributed by atoms with Crippen molar-refractivity contribution in [1.82, 2.24) is 9.62 Å². The fourth-order valence-electron chi connectivity index (χ4n) is 3.25. The van der Waals surface area contributed by atoms with Crippen LogP contribution in [-0.4, -0.2) is 61.6 Å².